The Morgan fingerprint density at radius 3 is 2.84 bits per heavy atom. The molecule has 0 atom stereocenters. The molecule has 3 heterocycles. The van der Waals surface area contributed by atoms with Crippen molar-refractivity contribution in [3.05, 3.63) is 53.5 Å². The Morgan fingerprint density at radius 1 is 1.32 bits per heavy atom. The first kappa shape index (κ1) is 16.3. The number of halogens is 1. The molecule has 1 amide bonds. The number of aromatic nitrogens is 2. The number of hydrogen-bond acceptors (Lipinski definition) is 6. The van der Waals surface area contributed by atoms with E-state index in [4.69, 9.17) is 4.52 Å². The summed E-state index contributed by atoms with van der Waals surface area (Å²) in [5, 5.41) is 5.97. The summed E-state index contributed by atoms with van der Waals surface area (Å²) in [7, 11) is 0. The third-order valence-corrected chi connectivity index (χ3v) is 5.81. The largest absolute Gasteiger partial charge is 0.340 e. The predicted molar refractivity (Wildman–Crippen MR) is 94.1 cm³/mol. The summed E-state index contributed by atoms with van der Waals surface area (Å²) in [6, 6.07) is 10.0. The van der Waals surface area contributed by atoms with Crippen molar-refractivity contribution in [2.75, 3.05) is 18.8 Å². The van der Waals surface area contributed by atoms with Crippen LogP contribution in [0.25, 0.3) is 10.7 Å². The van der Waals surface area contributed by atoms with Crippen molar-refractivity contribution in [3.63, 3.8) is 0 Å². The minimum Gasteiger partial charge on any atom is -0.340 e. The van der Waals surface area contributed by atoms with Crippen molar-refractivity contribution < 1.29 is 13.7 Å². The monoisotopic (exact) mass is 375 g/mol. The van der Waals surface area contributed by atoms with Gasteiger partial charge < -0.3 is 9.42 Å². The van der Waals surface area contributed by atoms with Gasteiger partial charge in [0.2, 0.25) is 17.6 Å². The molecule has 0 spiro atoms. The number of carbonyl (C=O) groups excluding carboxylic acids is 1. The smallest absolute Gasteiger partial charge is 0.233 e. The van der Waals surface area contributed by atoms with E-state index in [0.717, 1.165) is 9.77 Å². The summed E-state index contributed by atoms with van der Waals surface area (Å²) in [5.74, 6) is 1.40. The second-order valence-corrected chi connectivity index (χ2v) is 7.67. The van der Waals surface area contributed by atoms with Crippen molar-refractivity contribution in [3.8, 4) is 10.7 Å². The first-order valence-corrected chi connectivity index (χ1v) is 9.59. The van der Waals surface area contributed by atoms with Gasteiger partial charge in [0.15, 0.2) is 0 Å². The Balaban J connectivity index is 1.28. The summed E-state index contributed by atoms with van der Waals surface area (Å²) in [4.78, 5) is 20.2. The van der Waals surface area contributed by atoms with E-state index in [0.29, 0.717) is 30.6 Å². The zero-order valence-electron chi connectivity index (χ0n) is 13.1. The van der Waals surface area contributed by atoms with Crippen molar-refractivity contribution in [1.29, 1.82) is 0 Å². The molecule has 3 aromatic rings. The van der Waals surface area contributed by atoms with E-state index in [9.17, 15) is 9.18 Å². The van der Waals surface area contributed by atoms with Gasteiger partial charge in [0.25, 0.3) is 0 Å². The van der Waals surface area contributed by atoms with Crippen LogP contribution in [0.15, 0.2) is 51.2 Å². The van der Waals surface area contributed by atoms with Gasteiger partial charge in [0.1, 0.15) is 5.82 Å². The maximum Gasteiger partial charge on any atom is 0.233 e. The molecule has 0 bridgehead atoms. The highest BCUT2D eigenvalue weighted by molar-refractivity contribution is 8.00. The first-order valence-electron chi connectivity index (χ1n) is 7.72. The third-order valence-electron chi connectivity index (χ3n) is 3.94. The molecule has 0 unspecified atom stereocenters. The summed E-state index contributed by atoms with van der Waals surface area (Å²) in [6.45, 7) is 1.18. The van der Waals surface area contributed by atoms with Crippen molar-refractivity contribution in [2.45, 2.75) is 10.8 Å². The lowest BCUT2D eigenvalue weighted by Gasteiger charge is -2.37. The zero-order valence-corrected chi connectivity index (χ0v) is 14.7. The molecule has 1 aliphatic heterocycles. The number of likely N-dealkylation sites (tertiary alicyclic amines) is 1. The number of amides is 1. The second-order valence-electron chi connectivity index (χ2n) is 5.67. The SMILES string of the molecule is O=C(CSc1ccc(F)cc1)N1CC(c2nc(-c3cccs3)no2)C1. The van der Waals surface area contributed by atoms with Gasteiger partial charge >= 0.3 is 0 Å². The standard InChI is InChI=1S/C17H14FN3O2S2/c18-12-3-5-13(6-4-12)25-10-15(22)21-8-11(9-21)17-19-16(20-23-17)14-2-1-7-24-14/h1-7,11H,8-10H2. The molecule has 0 aliphatic carbocycles. The molecule has 1 saturated heterocycles. The maximum absolute atomic E-state index is 12.9. The Kier molecular flexibility index (Phi) is 4.54. The molecule has 0 radical (unpaired) electrons. The lowest BCUT2D eigenvalue weighted by atomic mass is 10.0. The molecular weight excluding hydrogens is 361 g/mol. The fourth-order valence-corrected chi connectivity index (χ4v) is 3.96. The number of thioether (sulfide) groups is 1. The van der Waals surface area contributed by atoms with E-state index in [1.54, 1.807) is 28.4 Å². The Morgan fingerprint density at radius 2 is 2.12 bits per heavy atom. The molecule has 0 N–H and O–H groups in total. The molecule has 128 valence electrons. The zero-order chi connectivity index (χ0) is 17.2. The average molecular weight is 375 g/mol. The fourth-order valence-electron chi connectivity index (χ4n) is 2.51. The van der Waals surface area contributed by atoms with E-state index >= 15 is 0 Å². The summed E-state index contributed by atoms with van der Waals surface area (Å²) >= 11 is 2.97. The van der Waals surface area contributed by atoms with Gasteiger partial charge in [-0.1, -0.05) is 11.2 Å². The number of carbonyl (C=O) groups is 1. The van der Waals surface area contributed by atoms with E-state index < -0.39 is 0 Å². The second kappa shape index (κ2) is 6.97. The van der Waals surface area contributed by atoms with Crippen molar-refractivity contribution in [1.82, 2.24) is 15.0 Å². The highest BCUT2D eigenvalue weighted by Gasteiger charge is 2.35. The molecule has 5 nitrogen and oxygen atoms in total. The van der Waals surface area contributed by atoms with Crippen LogP contribution in [0.2, 0.25) is 0 Å². The van der Waals surface area contributed by atoms with Gasteiger partial charge in [0.05, 0.1) is 16.5 Å². The molecule has 1 aromatic carbocycles. The van der Waals surface area contributed by atoms with Gasteiger partial charge in [-0.2, -0.15) is 4.98 Å². The summed E-state index contributed by atoms with van der Waals surface area (Å²) < 4.78 is 18.2. The van der Waals surface area contributed by atoms with Crippen LogP contribution >= 0.6 is 23.1 Å². The van der Waals surface area contributed by atoms with Crippen LogP contribution in [-0.4, -0.2) is 39.8 Å². The molecule has 2 aromatic heterocycles. The quantitative estimate of drug-likeness (QED) is 0.637. The molecule has 1 fully saturated rings. The highest BCUT2D eigenvalue weighted by Crippen LogP contribution is 2.30. The normalized spacial score (nSPS) is 14.5. The van der Waals surface area contributed by atoms with Crippen molar-refractivity contribution in [2.24, 2.45) is 0 Å². The molecular formula is C17H14FN3O2S2. The number of thiophene rings is 1. The van der Waals surface area contributed by atoms with Crippen LogP contribution in [0, 0.1) is 5.82 Å². The summed E-state index contributed by atoms with van der Waals surface area (Å²) in [5.41, 5.74) is 0. The average Bonchev–Trinajstić information content (AvgIpc) is 3.24. The number of benzene rings is 1. The molecule has 1 aliphatic rings. The minimum absolute atomic E-state index is 0.0589. The number of hydrogen-bond donors (Lipinski definition) is 0. The van der Waals surface area contributed by atoms with Gasteiger partial charge in [-0.25, -0.2) is 4.39 Å². The van der Waals surface area contributed by atoms with Crippen LogP contribution in [0.5, 0.6) is 0 Å². The maximum atomic E-state index is 12.9. The van der Waals surface area contributed by atoms with Crippen LogP contribution in [-0.2, 0) is 4.79 Å². The lowest BCUT2D eigenvalue weighted by molar-refractivity contribution is -0.133. The van der Waals surface area contributed by atoms with Gasteiger partial charge in [-0.15, -0.1) is 23.1 Å². The van der Waals surface area contributed by atoms with Gasteiger partial charge in [-0.3, -0.25) is 4.79 Å². The van der Waals surface area contributed by atoms with Gasteiger partial charge in [-0.05, 0) is 35.7 Å². The van der Waals surface area contributed by atoms with E-state index in [1.165, 1.54) is 23.9 Å². The van der Waals surface area contributed by atoms with Crippen LogP contribution in [0.3, 0.4) is 0 Å². The molecule has 4 rings (SSSR count). The number of nitrogens with zero attached hydrogens (tertiary/aromatic N) is 3. The van der Waals surface area contributed by atoms with Crippen molar-refractivity contribution >= 4 is 29.0 Å². The van der Waals surface area contributed by atoms with Crippen LogP contribution in [0.1, 0.15) is 11.8 Å². The molecule has 8 heteroatoms. The van der Waals surface area contributed by atoms with E-state index in [2.05, 4.69) is 10.1 Å². The van der Waals surface area contributed by atoms with E-state index in [1.807, 2.05) is 17.5 Å². The Labute approximate surface area is 151 Å². The van der Waals surface area contributed by atoms with Crippen LogP contribution in [0.4, 0.5) is 4.39 Å². The topological polar surface area (TPSA) is 59.2 Å². The minimum atomic E-state index is -0.275. The van der Waals surface area contributed by atoms with E-state index in [-0.39, 0.29) is 17.6 Å². The fraction of sp³-hybridized carbons (Fsp3) is 0.235. The predicted octanol–water partition coefficient (Wildman–Crippen LogP) is 3.66. The molecule has 0 saturated carbocycles. The van der Waals surface area contributed by atoms with Crippen LogP contribution < -0.4 is 0 Å². The summed E-state index contributed by atoms with van der Waals surface area (Å²) in [6.07, 6.45) is 0. The molecule has 25 heavy (non-hydrogen) atoms. The third kappa shape index (κ3) is 3.59. The highest BCUT2D eigenvalue weighted by atomic mass is 32.2. The lowest BCUT2D eigenvalue weighted by Crippen LogP contribution is -2.49. The van der Waals surface area contributed by atoms with Gasteiger partial charge in [0, 0.05) is 18.0 Å². The first-order chi connectivity index (χ1) is 12.2. The Hall–Kier alpha value is -2.19. The Bertz CT molecular complexity index is 858. The number of rotatable bonds is 5.